The fraction of sp³-hybridized carbons (Fsp3) is 0.455. The minimum absolute atomic E-state index is 0.241. The highest BCUT2D eigenvalue weighted by Gasteiger charge is 2.14. The number of ketones is 1. The molecule has 74 valence electrons. The number of carbonyl (C=O) groups excluding carboxylic acids is 1. The average Bonchev–Trinajstić information content (AvgIpc) is 2.48. The van der Waals surface area contributed by atoms with Crippen molar-refractivity contribution in [2.45, 2.75) is 26.2 Å². The number of hydrogen-bond donors (Lipinski definition) is 0. The predicted molar refractivity (Wildman–Crippen MR) is 54.8 cm³/mol. The Hall–Kier alpha value is -1.38. The van der Waals surface area contributed by atoms with Crippen molar-refractivity contribution in [3.8, 4) is 0 Å². The van der Waals surface area contributed by atoms with E-state index >= 15 is 0 Å². The Labute approximate surface area is 83.5 Å². The molecule has 0 saturated heterocycles. The molecule has 0 spiro atoms. The molecule has 0 amide bonds. The second-order valence-electron chi connectivity index (χ2n) is 3.74. The smallest absolute Gasteiger partial charge is 0.156 e. The number of rotatable bonds is 1. The maximum atomic E-state index is 11.3. The van der Waals surface area contributed by atoms with Crippen molar-refractivity contribution in [1.29, 1.82) is 0 Å². The summed E-state index contributed by atoms with van der Waals surface area (Å²) >= 11 is 0. The molecule has 0 radical (unpaired) electrons. The molecule has 1 aliphatic rings. The first-order valence-electron chi connectivity index (χ1n) is 4.90. The van der Waals surface area contributed by atoms with Crippen molar-refractivity contribution in [2.75, 3.05) is 0 Å². The first kappa shape index (κ1) is 9.19. The van der Waals surface area contributed by atoms with Crippen LogP contribution in [0.1, 0.15) is 30.8 Å². The van der Waals surface area contributed by atoms with Crippen LogP contribution in [0.25, 0.3) is 5.57 Å². The van der Waals surface area contributed by atoms with Gasteiger partial charge in [-0.2, -0.15) is 0 Å². The first-order valence-corrected chi connectivity index (χ1v) is 4.90. The highest BCUT2D eigenvalue weighted by molar-refractivity contribution is 5.97. The van der Waals surface area contributed by atoms with Gasteiger partial charge in [-0.15, -0.1) is 0 Å². The topological polar surface area (TPSA) is 34.9 Å². The number of hydrogen-bond acceptors (Lipinski definition) is 2. The van der Waals surface area contributed by atoms with Crippen LogP contribution in [0.5, 0.6) is 0 Å². The van der Waals surface area contributed by atoms with Crippen molar-refractivity contribution in [3.63, 3.8) is 0 Å². The molecule has 14 heavy (non-hydrogen) atoms. The summed E-state index contributed by atoms with van der Waals surface area (Å²) in [4.78, 5) is 15.5. The van der Waals surface area contributed by atoms with Crippen molar-refractivity contribution in [2.24, 2.45) is 7.05 Å². The van der Waals surface area contributed by atoms with Crippen LogP contribution in [0.2, 0.25) is 0 Å². The Bertz CT molecular complexity index is 401. The van der Waals surface area contributed by atoms with E-state index in [0.717, 1.165) is 29.9 Å². The Balaban J connectivity index is 2.39. The van der Waals surface area contributed by atoms with Crippen molar-refractivity contribution >= 4 is 11.4 Å². The number of nitrogens with zero attached hydrogens (tertiary/aromatic N) is 2. The second-order valence-corrected chi connectivity index (χ2v) is 3.74. The number of carbonyl (C=O) groups is 1. The normalized spacial score (nSPS) is 17.0. The zero-order valence-electron chi connectivity index (χ0n) is 8.58. The number of aryl methyl sites for hydroxylation is 1. The highest BCUT2D eigenvalue weighted by atomic mass is 16.1. The zero-order chi connectivity index (χ0) is 10.1. The van der Waals surface area contributed by atoms with E-state index in [1.54, 1.807) is 6.08 Å². The van der Waals surface area contributed by atoms with Gasteiger partial charge in [-0.25, -0.2) is 4.98 Å². The number of aromatic nitrogens is 2. The summed E-state index contributed by atoms with van der Waals surface area (Å²) in [5.41, 5.74) is 2.21. The minimum atomic E-state index is 0.241. The van der Waals surface area contributed by atoms with Crippen LogP contribution < -0.4 is 0 Å². The third-order valence-electron chi connectivity index (χ3n) is 2.75. The Morgan fingerprint density at radius 3 is 2.79 bits per heavy atom. The van der Waals surface area contributed by atoms with E-state index in [1.807, 2.05) is 24.7 Å². The lowest BCUT2D eigenvalue weighted by atomic mass is 9.96. The number of allylic oxidation sites excluding steroid dienone is 2. The van der Waals surface area contributed by atoms with E-state index in [2.05, 4.69) is 4.98 Å². The molecule has 0 aromatic carbocycles. The molecule has 0 bridgehead atoms. The molecular formula is C11H14N2O. The quantitative estimate of drug-likeness (QED) is 0.677. The third-order valence-corrected chi connectivity index (χ3v) is 2.75. The van der Waals surface area contributed by atoms with Gasteiger partial charge in [0.1, 0.15) is 5.82 Å². The molecule has 0 atom stereocenters. The molecule has 0 saturated carbocycles. The monoisotopic (exact) mass is 190 g/mol. The van der Waals surface area contributed by atoms with E-state index in [1.165, 1.54) is 0 Å². The summed E-state index contributed by atoms with van der Waals surface area (Å²) in [5, 5.41) is 0. The SMILES string of the molecule is Cc1ncc(C2=CC(=O)CCC2)n1C. The lowest BCUT2D eigenvalue weighted by Crippen LogP contribution is -2.05. The van der Waals surface area contributed by atoms with Crippen molar-refractivity contribution in [3.05, 3.63) is 23.8 Å². The molecule has 1 aliphatic carbocycles. The maximum Gasteiger partial charge on any atom is 0.156 e. The fourth-order valence-corrected chi connectivity index (χ4v) is 1.79. The van der Waals surface area contributed by atoms with Crippen molar-refractivity contribution < 1.29 is 4.79 Å². The summed E-state index contributed by atoms with van der Waals surface area (Å²) < 4.78 is 2.03. The lowest BCUT2D eigenvalue weighted by molar-refractivity contribution is -0.114. The van der Waals surface area contributed by atoms with E-state index in [-0.39, 0.29) is 5.78 Å². The van der Waals surface area contributed by atoms with Gasteiger partial charge in [0.25, 0.3) is 0 Å². The molecule has 3 heteroatoms. The Morgan fingerprint density at radius 1 is 1.43 bits per heavy atom. The average molecular weight is 190 g/mol. The molecule has 1 aromatic heterocycles. The fourth-order valence-electron chi connectivity index (χ4n) is 1.79. The molecule has 1 aromatic rings. The van der Waals surface area contributed by atoms with Gasteiger partial charge in [0.05, 0.1) is 11.9 Å². The lowest BCUT2D eigenvalue weighted by Gasteiger charge is -2.12. The summed E-state index contributed by atoms with van der Waals surface area (Å²) in [6.45, 7) is 1.97. The van der Waals surface area contributed by atoms with Gasteiger partial charge in [-0.1, -0.05) is 0 Å². The Kier molecular flexibility index (Phi) is 2.23. The van der Waals surface area contributed by atoms with Gasteiger partial charge >= 0.3 is 0 Å². The van der Waals surface area contributed by atoms with Gasteiger partial charge in [0.2, 0.25) is 0 Å². The molecule has 0 aliphatic heterocycles. The predicted octanol–water partition coefficient (Wildman–Crippen LogP) is 1.86. The second kappa shape index (κ2) is 3.40. The summed E-state index contributed by atoms with van der Waals surface area (Å²) in [7, 11) is 1.98. The van der Waals surface area contributed by atoms with Gasteiger partial charge in [-0.05, 0) is 31.4 Å². The van der Waals surface area contributed by atoms with E-state index < -0.39 is 0 Å². The van der Waals surface area contributed by atoms with E-state index in [4.69, 9.17) is 0 Å². The molecule has 2 rings (SSSR count). The van der Waals surface area contributed by atoms with Crippen LogP contribution >= 0.6 is 0 Å². The van der Waals surface area contributed by atoms with Crippen LogP contribution in [0.15, 0.2) is 12.3 Å². The van der Waals surface area contributed by atoms with Crippen LogP contribution in [-0.2, 0) is 11.8 Å². The largest absolute Gasteiger partial charge is 0.332 e. The molecular weight excluding hydrogens is 176 g/mol. The zero-order valence-corrected chi connectivity index (χ0v) is 8.58. The summed E-state index contributed by atoms with van der Waals surface area (Å²) in [6.07, 6.45) is 6.26. The van der Waals surface area contributed by atoms with Crippen LogP contribution in [-0.4, -0.2) is 15.3 Å². The van der Waals surface area contributed by atoms with E-state index in [0.29, 0.717) is 6.42 Å². The standard InChI is InChI=1S/C11H14N2O/c1-8-12-7-11(13(8)2)9-4-3-5-10(14)6-9/h6-7H,3-5H2,1-2H3. The van der Waals surface area contributed by atoms with Crippen LogP contribution in [0.3, 0.4) is 0 Å². The Morgan fingerprint density at radius 2 is 2.21 bits per heavy atom. The summed E-state index contributed by atoms with van der Waals surface area (Å²) in [5.74, 6) is 1.23. The highest BCUT2D eigenvalue weighted by Crippen LogP contribution is 2.25. The summed E-state index contributed by atoms with van der Waals surface area (Å²) in [6, 6.07) is 0. The third kappa shape index (κ3) is 1.50. The van der Waals surface area contributed by atoms with Crippen LogP contribution in [0, 0.1) is 6.92 Å². The van der Waals surface area contributed by atoms with Gasteiger partial charge < -0.3 is 4.57 Å². The minimum Gasteiger partial charge on any atom is -0.332 e. The van der Waals surface area contributed by atoms with Crippen LogP contribution in [0.4, 0.5) is 0 Å². The van der Waals surface area contributed by atoms with Gasteiger partial charge in [0.15, 0.2) is 5.78 Å². The van der Waals surface area contributed by atoms with Crippen molar-refractivity contribution in [1.82, 2.24) is 9.55 Å². The van der Waals surface area contributed by atoms with E-state index in [9.17, 15) is 4.79 Å². The molecule has 1 heterocycles. The number of imidazole rings is 1. The molecule has 0 N–H and O–H groups in total. The molecule has 3 nitrogen and oxygen atoms in total. The molecule has 0 unspecified atom stereocenters. The van der Waals surface area contributed by atoms with Gasteiger partial charge in [0, 0.05) is 13.5 Å². The first-order chi connectivity index (χ1) is 6.68. The maximum absolute atomic E-state index is 11.3. The molecule has 0 fully saturated rings. The van der Waals surface area contributed by atoms with Gasteiger partial charge in [-0.3, -0.25) is 4.79 Å².